The zero-order valence-electron chi connectivity index (χ0n) is 10.7. The molecule has 1 aromatic rings. The van der Waals surface area contributed by atoms with E-state index in [1.807, 2.05) is 0 Å². The normalized spacial score (nSPS) is 15.5. The topological polar surface area (TPSA) is 23.1 Å². The zero-order valence-corrected chi connectivity index (χ0v) is 10.7. The quantitative estimate of drug-likeness (QED) is 0.321. The van der Waals surface area contributed by atoms with Gasteiger partial charge in [0.25, 0.3) is 0 Å². The molecule has 0 fully saturated rings. The van der Waals surface area contributed by atoms with Gasteiger partial charge in [0, 0.05) is 0 Å². The summed E-state index contributed by atoms with van der Waals surface area (Å²) in [6.45, 7) is 0. The molecule has 0 N–H and O–H groups in total. The fourth-order valence-corrected chi connectivity index (χ4v) is 1.31. The van der Waals surface area contributed by atoms with Crippen LogP contribution in [0.5, 0.6) is 0 Å². The van der Waals surface area contributed by atoms with Gasteiger partial charge in [0.2, 0.25) is 0 Å². The maximum Gasteiger partial charge on any atom is 1.00 e. The number of halogens is 8. The molecule has 0 saturated heterocycles. The van der Waals surface area contributed by atoms with Crippen molar-refractivity contribution in [2.45, 2.75) is 23.9 Å². The summed E-state index contributed by atoms with van der Waals surface area (Å²) in [7, 11) is 0. The van der Waals surface area contributed by atoms with E-state index in [0.29, 0.717) is 6.07 Å². The number of hydrogen-bond donors (Lipinski definition) is 0. The largest absolute Gasteiger partial charge is 1.00 e. The molecule has 1 aromatic carbocycles. The van der Waals surface area contributed by atoms with Crippen molar-refractivity contribution in [1.29, 1.82) is 0 Å². The molecule has 0 aliphatic rings. The minimum atomic E-state index is -6.64. The molecule has 108 valence electrons. The van der Waals surface area contributed by atoms with E-state index in [1.165, 1.54) is 6.07 Å². The Morgan fingerprint density at radius 1 is 0.810 bits per heavy atom. The fourth-order valence-electron chi connectivity index (χ4n) is 1.31. The third-order valence-electron chi connectivity index (χ3n) is 2.29. The van der Waals surface area contributed by atoms with E-state index in [1.54, 1.807) is 0 Å². The maximum atomic E-state index is 13.0. The second kappa shape index (κ2) is 6.93. The van der Waals surface area contributed by atoms with Gasteiger partial charge >= 0.3 is 56.0 Å². The average Bonchev–Trinajstić information content (AvgIpc) is 2.25. The summed E-state index contributed by atoms with van der Waals surface area (Å²) in [6.07, 6.45) is -13.0. The van der Waals surface area contributed by atoms with Crippen molar-refractivity contribution < 1.29 is 78.0 Å². The Bertz CT molecular complexity index is 445. The molecule has 0 spiro atoms. The van der Waals surface area contributed by atoms with Gasteiger partial charge in [0.05, 0.1) is 5.60 Å². The van der Waals surface area contributed by atoms with E-state index in [0.717, 1.165) is 12.1 Å². The van der Waals surface area contributed by atoms with Gasteiger partial charge in [0.15, 0.2) is 0 Å². The monoisotopic (exact) mass is 306 g/mol. The number of hydrogen-bond acceptors (Lipinski definition) is 1. The van der Waals surface area contributed by atoms with Gasteiger partial charge in [0.1, 0.15) is 0 Å². The molecule has 0 saturated carbocycles. The molecule has 0 aromatic heterocycles. The second-order valence-corrected chi connectivity index (χ2v) is 3.53. The minimum absolute atomic E-state index is 0. The van der Waals surface area contributed by atoms with E-state index >= 15 is 0 Å². The van der Waals surface area contributed by atoms with Crippen LogP contribution in [0.2, 0.25) is 0 Å². The first-order chi connectivity index (χ1) is 8.36. The summed E-state index contributed by atoms with van der Waals surface area (Å²) < 4.78 is 99.7. The molecule has 21 heavy (non-hydrogen) atoms. The van der Waals surface area contributed by atoms with Crippen LogP contribution in [0.1, 0.15) is 5.56 Å². The van der Waals surface area contributed by atoms with Crippen molar-refractivity contribution in [3.05, 3.63) is 35.9 Å². The fraction of sp³-hybridized carbons (Fsp3) is 0.400. The Balaban J connectivity index is 0. The van der Waals surface area contributed by atoms with Gasteiger partial charge in [-0.15, -0.1) is 0 Å². The standard InChI is InChI=1S/C10H4F8O.2Li/c11-8(12,10(16,17)18)7(19,9(13,14)15)6-4-2-1-3-5-6;;/h1-4H;;/q-2;2*+1. The van der Waals surface area contributed by atoms with Crippen LogP contribution in [-0.2, 0) is 5.60 Å². The molecule has 11 heteroatoms. The molecular formula is C10H4F8Li2O. The van der Waals surface area contributed by atoms with E-state index in [2.05, 4.69) is 0 Å². The second-order valence-electron chi connectivity index (χ2n) is 3.53. The van der Waals surface area contributed by atoms with Gasteiger partial charge in [-0.2, -0.15) is 71.0 Å². The smallest absolute Gasteiger partial charge is 0.836 e. The Hall–Kier alpha value is -0.185. The van der Waals surface area contributed by atoms with Gasteiger partial charge in [-0.05, 0) is 0 Å². The van der Waals surface area contributed by atoms with Crippen molar-refractivity contribution in [1.82, 2.24) is 0 Å². The van der Waals surface area contributed by atoms with Crippen LogP contribution in [0.15, 0.2) is 24.3 Å². The minimum Gasteiger partial charge on any atom is -0.836 e. The average molecular weight is 306 g/mol. The van der Waals surface area contributed by atoms with E-state index in [9.17, 15) is 40.2 Å². The Labute approximate surface area is 138 Å². The molecule has 1 unspecified atom stereocenters. The first-order valence-electron chi connectivity index (χ1n) is 4.54. The molecule has 1 atom stereocenters. The number of benzene rings is 1. The van der Waals surface area contributed by atoms with Crippen LogP contribution >= 0.6 is 0 Å². The van der Waals surface area contributed by atoms with Crippen LogP contribution in [0.25, 0.3) is 0 Å². The van der Waals surface area contributed by atoms with Crippen molar-refractivity contribution in [3.63, 3.8) is 0 Å². The summed E-state index contributed by atoms with van der Waals surface area (Å²) in [5.74, 6) is -6.53. The van der Waals surface area contributed by atoms with Gasteiger partial charge < -0.3 is 5.11 Å². The van der Waals surface area contributed by atoms with Crippen LogP contribution in [0.4, 0.5) is 35.1 Å². The molecule has 1 nitrogen and oxygen atoms in total. The number of rotatable bonds is 2. The van der Waals surface area contributed by atoms with E-state index < -0.39 is 29.4 Å². The van der Waals surface area contributed by atoms with E-state index in [4.69, 9.17) is 0 Å². The molecule has 0 amide bonds. The third kappa shape index (κ3) is 3.77. The molecule has 0 heterocycles. The predicted molar refractivity (Wildman–Crippen MR) is 44.0 cm³/mol. The van der Waals surface area contributed by atoms with Crippen LogP contribution in [-0.4, -0.2) is 18.3 Å². The zero-order chi connectivity index (χ0) is 15.1. The van der Waals surface area contributed by atoms with Crippen molar-refractivity contribution in [3.8, 4) is 0 Å². The Kier molecular flexibility index (Phi) is 7.62. The van der Waals surface area contributed by atoms with Crippen LogP contribution in [0.3, 0.4) is 0 Å². The third-order valence-corrected chi connectivity index (χ3v) is 2.29. The summed E-state index contributed by atoms with van der Waals surface area (Å²) in [6, 6.07) is 4.10. The summed E-state index contributed by atoms with van der Waals surface area (Å²) in [4.78, 5) is 0. The predicted octanol–water partition coefficient (Wildman–Crippen LogP) is -3.19. The SMILES string of the molecule is [Li+].[Li+].[O-]C(c1[c-]cccc1)(C(F)(F)F)C(F)(F)C(F)(F)F. The first kappa shape index (κ1) is 23.1. The molecule has 1 rings (SSSR count). The summed E-state index contributed by atoms with van der Waals surface area (Å²) in [5.41, 5.74) is -7.48. The first-order valence-corrected chi connectivity index (χ1v) is 4.54. The van der Waals surface area contributed by atoms with Crippen LogP contribution < -0.4 is 42.8 Å². The molecular weight excluding hydrogens is 302 g/mol. The Morgan fingerprint density at radius 2 is 1.29 bits per heavy atom. The van der Waals surface area contributed by atoms with Gasteiger partial charge in [-0.1, -0.05) is 0 Å². The molecule has 0 radical (unpaired) electrons. The van der Waals surface area contributed by atoms with E-state index in [-0.39, 0.29) is 43.8 Å². The van der Waals surface area contributed by atoms with Crippen molar-refractivity contribution in [2.75, 3.05) is 0 Å². The maximum absolute atomic E-state index is 13.0. The van der Waals surface area contributed by atoms with Crippen LogP contribution in [0, 0.1) is 6.07 Å². The molecule has 0 aliphatic carbocycles. The molecule has 0 bridgehead atoms. The Morgan fingerprint density at radius 3 is 1.57 bits per heavy atom. The van der Waals surface area contributed by atoms with Crippen molar-refractivity contribution >= 4 is 0 Å². The summed E-state index contributed by atoms with van der Waals surface area (Å²) >= 11 is 0. The summed E-state index contributed by atoms with van der Waals surface area (Å²) in [5, 5.41) is 11.4. The van der Waals surface area contributed by atoms with Crippen molar-refractivity contribution in [2.24, 2.45) is 0 Å². The van der Waals surface area contributed by atoms with Gasteiger partial charge in [-0.3, -0.25) is 0 Å². The van der Waals surface area contributed by atoms with Gasteiger partial charge in [-0.25, -0.2) is 0 Å². The molecule has 0 aliphatic heterocycles. The number of alkyl halides is 8.